The van der Waals surface area contributed by atoms with Gasteiger partial charge >= 0.3 is 5.97 Å². The van der Waals surface area contributed by atoms with Crippen LogP contribution in [0, 0.1) is 0 Å². The average Bonchev–Trinajstić information content (AvgIpc) is 2.31. The number of hydrogen-bond donors (Lipinski definition) is 4. The standard InChI is InChI=1S/C7H10O6/c1-2-3(8)4(9)6(13-2)5(10)7(11)12/h3-6,8-10H,1H2,(H,11,12)/t3-,4-,5-,6+/m1/s1. The second-order valence-corrected chi connectivity index (χ2v) is 2.77. The lowest BCUT2D eigenvalue weighted by atomic mass is 10.1. The molecule has 6 heteroatoms. The van der Waals surface area contributed by atoms with Crippen LogP contribution in [0.25, 0.3) is 0 Å². The molecule has 4 N–H and O–H groups in total. The van der Waals surface area contributed by atoms with E-state index in [2.05, 4.69) is 11.3 Å². The SMILES string of the molecule is C=C1O[C@H]([C@@H](O)C(=O)O)[C@H](O)[C@@H]1O. The maximum absolute atomic E-state index is 10.3. The minimum atomic E-state index is -1.87. The number of rotatable bonds is 2. The average molecular weight is 190 g/mol. The molecule has 0 radical (unpaired) electrons. The molecule has 0 aromatic rings. The van der Waals surface area contributed by atoms with E-state index in [0.717, 1.165) is 0 Å². The Bertz CT molecular complexity index is 237. The summed E-state index contributed by atoms with van der Waals surface area (Å²) in [5.74, 6) is -1.66. The van der Waals surface area contributed by atoms with E-state index in [1.54, 1.807) is 0 Å². The van der Waals surface area contributed by atoms with Crippen molar-refractivity contribution in [2.24, 2.45) is 0 Å². The van der Waals surface area contributed by atoms with Crippen molar-refractivity contribution in [2.45, 2.75) is 24.4 Å². The Hall–Kier alpha value is -1.11. The highest BCUT2D eigenvalue weighted by Gasteiger charge is 2.45. The summed E-state index contributed by atoms with van der Waals surface area (Å²) in [5, 5.41) is 35.7. The highest BCUT2D eigenvalue weighted by atomic mass is 16.6. The van der Waals surface area contributed by atoms with E-state index >= 15 is 0 Å². The van der Waals surface area contributed by atoms with Gasteiger partial charge in [0.25, 0.3) is 0 Å². The molecule has 4 atom stereocenters. The first-order chi connectivity index (χ1) is 5.95. The van der Waals surface area contributed by atoms with Gasteiger partial charge in [0, 0.05) is 0 Å². The molecule has 74 valence electrons. The highest BCUT2D eigenvalue weighted by Crippen LogP contribution is 2.25. The summed E-state index contributed by atoms with van der Waals surface area (Å²) in [5.41, 5.74) is 0. The number of aliphatic hydroxyl groups excluding tert-OH is 3. The highest BCUT2D eigenvalue weighted by molar-refractivity contribution is 5.73. The zero-order chi connectivity index (χ0) is 10.2. The molecule has 13 heavy (non-hydrogen) atoms. The van der Waals surface area contributed by atoms with Crippen LogP contribution in [0.1, 0.15) is 0 Å². The van der Waals surface area contributed by atoms with Crippen LogP contribution >= 0.6 is 0 Å². The van der Waals surface area contributed by atoms with Gasteiger partial charge in [-0.1, -0.05) is 6.58 Å². The van der Waals surface area contributed by atoms with Crippen LogP contribution in [-0.2, 0) is 9.53 Å². The summed E-state index contributed by atoms with van der Waals surface area (Å²) < 4.78 is 4.68. The van der Waals surface area contributed by atoms with E-state index in [-0.39, 0.29) is 5.76 Å². The van der Waals surface area contributed by atoms with Crippen LogP contribution in [0.2, 0.25) is 0 Å². The predicted octanol–water partition coefficient (Wildman–Crippen LogP) is -1.93. The molecule has 1 aliphatic rings. The number of carboxylic acids is 1. The van der Waals surface area contributed by atoms with Crippen molar-refractivity contribution in [1.29, 1.82) is 0 Å². The van der Waals surface area contributed by atoms with Crippen molar-refractivity contribution in [3.8, 4) is 0 Å². The summed E-state index contributed by atoms with van der Waals surface area (Å²) in [6.07, 6.45) is -6.04. The van der Waals surface area contributed by atoms with Gasteiger partial charge in [0.15, 0.2) is 12.2 Å². The van der Waals surface area contributed by atoms with Gasteiger partial charge in [0.2, 0.25) is 0 Å². The van der Waals surface area contributed by atoms with Crippen LogP contribution < -0.4 is 0 Å². The maximum Gasteiger partial charge on any atom is 0.336 e. The first kappa shape index (κ1) is 9.97. The molecule has 6 nitrogen and oxygen atoms in total. The zero-order valence-corrected chi connectivity index (χ0v) is 6.62. The Morgan fingerprint density at radius 3 is 2.38 bits per heavy atom. The molecule has 0 saturated carbocycles. The summed E-state index contributed by atoms with van der Waals surface area (Å²) in [6, 6.07) is 0. The van der Waals surface area contributed by atoms with Gasteiger partial charge < -0.3 is 25.2 Å². The summed E-state index contributed by atoms with van der Waals surface area (Å²) in [7, 11) is 0. The van der Waals surface area contributed by atoms with Gasteiger partial charge in [-0.25, -0.2) is 4.79 Å². The van der Waals surface area contributed by atoms with Crippen LogP contribution in [-0.4, -0.2) is 50.8 Å². The Labute approximate surface area is 73.7 Å². The predicted molar refractivity (Wildman–Crippen MR) is 39.7 cm³/mol. The van der Waals surface area contributed by atoms with Crippen LogP contribution in [0.5, 0.6) is 0 Å². The van der Waals surface area contributed by atoms with Crippen molar-refractivity contribution in [3.63, 3.8) is 0 Å². The van der Waals surface area contributed by atoms with E-state index in [0.29, 0.717) is 0 Å². The monoisotopic (exact) mass is 190 g/mol. The van der Waals surface area contributed by atoms with Crippen molar-refractivity contribution in [1.82, 2.24) is 0 Å². The molecular formula is C7H10O6. The second kappa shape index (κ2) is 3.33. The maximum atomic E-state index is 10.3. The first-order valence-corrected chi connectivity index (χ1v) is 3.57. The molecule has 0 aromatic heterocycles. The summed E-state index contributed by atoms with van der Waals surface area (Å²) >= 11 is 0. The summed E-state index contributed by atoms with van der Waals surface area (Å²) in [4.78, 5) is 10.3. The lowest BCUT2D eigenvalue weighted by Crippen LogP contribution is -2.42. The lowest BCUT2D eigenvalue weighted by molar-refractivity contribution is -0.156. The molecule has 0 aromatic carbocycles. The normalized spacial score (nSPS) is 35.6. The topological polar surface area (TPSA) is 107 Å². The molecule has 1 saturated heterocycles. The fourth-order valence-corrected chi connectivity index (χ4v) is 1.08. The van der Waals surface area contributed by atoms with Crippen molar-refractivity contribution < 1.29 is 30.0 Å². The number of carboxylic acid groups (broad SMARTS) is 1. The quantitative estimate of drug-likeness (QED) is 0.404. The summed E-state index contributed by atoms with van der Waals surface area (Å²) in [6.45, 7) is 3.24. The van der Waals surface area contributed by atoms with Gasteiger partial charge in [-0.15, -0.1) is 0 Å². The fraction of sp³-hybridized carbons (Fsp3) is 0.571. The van der Waals surface area contributed by atoms with E-state index in [9.17, 15) is 9.90 Å². The van der Waals surface area contributed by atoms with Crippen LogP contribution in [0.15, 0.2) is 12.3 Å². The second-order valence-electron chi connectivity index (χ2n) is 2.77. The number of aliphatic hydroxyl groups is 3. The number of hydrogen-bond acceptors (Lipinski definition) is 5. The van der Waals surface area contributed by atoms with Gasteiger partial charge in [-0.2, -0.15) is 0 Å². The first-order valence-electron chi connectivity index (χ1n) is 3.57. The third kappa shape index (κ3) is 1.64. The smallest absolute Gasteiger partial charge is 0.336 e. The van der Waals surface area contributed by atoms with Gasteiger partial charge in [0.1, 0.15) is 18.0 Å². The van der Waals surface area contributed by atoms with Gasteiger partial charge in [-0.05, 0) is 0 Å². The van der Waals surface area contributed by atoms with E-state index < -0.39 is 30.4 Å². The molecule has 1 aliphatic heterocycles. The molecule has 1 fully saturated rings. The number of carbonyl (C=O) groups is 1. The molecule has 1 heterocycles. The zero-order valence-electron chi connectivity index (χ0n) is 6.62. The molecular weight excluding hydrogens is 180 g/mol. The van der Waals surface area contributed by atoms with Crippen molar-refractivity contribution in [3.05, 3.63) is 12.3 Å². The molecule has 0 amide bonds. The lowest BCUT2D eigenvalue weighted by Gasteiger charge is -2.16. The Morgan fingerprint density at radius 1 is 1.54 bits per heavy atom. The largest absolute Gasteiger partial charge is 0.486 e. The Morgan fingerprint density at radius 2 is 2.08 bits per heavy atom. The van der Waals surface area contributed by atoms with Crippen molar-refractivity contribution in [2.75, 3.05) is 0 Å². The Balaban J connectivity index is 2.73. The Kier molecular flexibility index (Phi) is 2.55. The van der Waals surface area contributed by atoms with Gasteiger partial charge in [-0.3, -0.25) is 0 Å². The molecule has 0 aliphatic carbocycles. The van der Waals surface area contributed by atoms with E-state index in [1.807, 2.05) is 0 Å². The number of ether oxygens (including phenoxy) is 1. The molecule has 0 unspecified atom stereocenters. The van der Waals surface area contributed by atoms with Crippen LogP contribution in [0.4, 0.5) is 0 Å². The minimum Gasteiger partial charge on any atom is -0.486 e. The third-order valence-corrected chi connectivity index (χ3v) is 1.84. The van der Waals surface area contributed by atoms with Gasteiger partial charge in [0.05, 0.1) is 0 Å². The number of aliphatic carboxylic acids is 1. The van der Waals surface area contributed by atoms with Crippen molar-refractivity contribution >= 4 is 5.97 Å². The fourth-order valence-electron chi connectivity index (χ4n) is 1.08. The third-order valence-electron chi connectivity index (χ3n) is 1.84. The molecule has 0 bridgehead atoms. The van der Waals surface area contributed by atoms with Crippen LogP contribution in [0.3, 0.4) is 0 Å². The molecule has 1 rings (SSSR count). The van der Waals surface area contributed by atoms with E-state index in [4.69, 9.17) is 15.3 Å². The minimum absolute atomic E-state index is 0.141. The molecule has 0 spiro atoms. The van der Waals surface area contributed by atoms with E-state index in [1.165, 1.54) is 0 Å².